The molecule has 1 aliphatic rings. The van der Waals surface area contributed by atoms with Gasteiger partial charge >= 0.3 is 6.03 Å². The lowest BCUT2D eigenvalue weighted by Crippen LogP contribution is -2.59. The van der Waals surface area contributed by atoms with Gasteiger partial charge < -0.3 is 5.11 Å². The number of aliphatic imine (C=N–C) groups is 1. The zero-order valence-corrected chi connectivity index (χ0v) is 14.0. The summed E-state index contributed by atoms with van der Waals surface area (Å²) in [6.07, 6.45) is 1.68. The van der Waals surface area contributed by atoms with Gasteiger partial charge in [-0.3, -0.25) is 19.9 Å². The molecule has 7 nitrogen and oxygen atoms in total. The Kier molecular flexibility index (Phi) is 5.46. The highest BCUT2D eigenvalue weighted by Gasteiger charge is 2.41. The van der Waals surface area contributed by atoms with Crippen molar-refractivity contribution in [3.8, 4) is 0 Å². The molecule has 1 aliphatic heterocycles. The van der Waals surface area contributed by atoms with E-state index in [0.717, 1.165) is 21.6 Å². The topological polar surface area (TPSA) is 99.1 Å². The van der Waals surface area contributed by atoms with Gasteiger partial charge in [0.15, 0.2) is 5.92 Å². The van der Waals surface area contributed by atoms with Crippen LogP contribution in [0.5, 0.6) is 0 Å². The molecule has 1 aromatic rings. The van der Waals surface area contributed by atoms with Crippen LogP contribution in [0.25, 0.3) is 0 Å². The maximum atomic E-state index is 12.7. The highest BCUT2D eigenvalue weighted by Crippen LogP contribution is 2.29. The van der Waals surface area contributed by atoms with Crippen LogP contribution in [-0.4, -0.2) is 42.3 Å². The van der Waals surface area contributed by atoms with Crippen LogP contribution in [0.1, 0.15) is 23.1 Å². The molecule has 2 N–H and O–H groups in total. The molecule has 1 saturated heterocycles. The van der Waals surface area contributed by atoms with Crippen molar-refractivity contribution >= 4 is 29.7 Å². The van der Waals surface area contributed by atoms with Gasteiger partial charge in [0, 0.05) is 19.4 Å². The number of nitrogens with one attached hydrogen (secondary N) is 1. The number of aryl methyl sites for hydroxylation is 3. The van der Waals surface area contributed by atoms with Crippen molar-refractivity contribution in [3.05, 3.63) is 28.8 Å². The predicted octanol–water partition coefficient (Wildman–Crippen LogP) is 1.26. The second kappa shape index (κ2) is 7.35. The van der Waals surface area contributed by atoms with E-state index in [1.807, 2.05) is 32.9 Å². The Hall–Kier alpha value is -2.54. The summed E-state index contributed by atoms with van der Waals surface area (Å²) < 4.78 is 0. The molecular formula is C17H21N3O4. The summed E-state index contributed by atoms with van der Waals surface area (Å²) in [5.74, 6) is -2.45. The van der Waals surface area contributed by atoms with Gasteiger partial charge in [0.25, 0.3) is 5.91 Å². The summed E-state index contributed by atoms with van der Waals surface area (Å²) in [5.41, 5.74) is 3.07. The number of anilines is 1. The van der Waals surface area contributed by atoms with Crippen molar-refractivity contribution in [1.29, 1.82) is 0 Å². The summed E-state index contributed by atoms with van der Waals surface area (Å²) >= 11 is 0. The Morgan fingerprint density at radius 3 is 2.42 bits per heavy atom. The first-order valence-corrected chi connectivity index (χ1v) is 7.74. The molecule has 1 fully saturated rings. The molecule has 0 spiro atoms. The van der Waals surface area contributed by atoms with E-state index in [-0.39, 0.29) is 6.61 Å². The van der Waals surface area contributed by atoms with E-state index in [2.05, 4.69) is 10.3 Å². The standard InChI is InChI=1S/C17H21N3O4/c1-10-7-11(2)14(12(3)8-10)20-16(23)13(9-18-5-4-6-21)15(22)19-17(20)24/h7-9,13,21H,4-6H2,1-3H3,(H,19,22,24)/t13-/m1/s1. The molecule has 0 unspecified atom stereocenters. The number of carbonyl (C=O) groups is 3. The lowest BCUT2D eigenvalue weighted by atomic mass is 10.0. The number of nitrogens with zero attached hydrogens (tertiary/aromatic N) is 2. The molecule has 4 amide bonds. The number of hydrogen-bond donors (Lipinski definition) is 2. The Morgan fingerprint density at radius 1 is 1.21 bits per heavy atom. The van der Waals surface area contributed by atoms with Crippen LogP contribution in [0, 0.1) is 26.7 Å². The fourth-order valence-electron chi connectivity index (χ4n) is 2.80. The Morgan fingerprint density at radius 2 is 1.83 bits per heavy atom. The fraction of sp³-hybridized carbons (Fsp3) is 0.412. The minimum atomic E-state index is -1.15. The molecule has 0 aliphatic carbocycles. The van der Waals surface area contributed by atoms with Crippen molar-refractivity contribution in [2.75, 3.05) is 18.1 Å². The predicted molar refractivity (Wildman–Crippen MR) is 90.2 cm³/mol. The smallest absolute Gasteiger partial charge is 0.335 e. The zero-order valence-electron chi connectivity index (χ0n) is 14.0. The van der Waals surface area contributed by atoms with Crippen molar-refractivity contribution in [2.24, 2.45) is 10.9 Å². The van der Waals surface area contributed by atoms with E-state index in [4.69, 9.17) is 5.11 Å². The van der Waals surface area contributed by atoms with Crippen LogP contribution < -0.4 is 10.2 Å². The number of imide groups is 2. The first-order valence-electron chi connectivity index (χ1n) is 7.74. The third kappa shape index (κ3) is 3.51. The third-order valence-electron chi connectivity index (χ3n) is 3.76. The van der Waals surface area contributed by atoms with Crippen LogP contribution in [0.2, 0.25) is 0 Å². The Labute approximate surface area is 140 Å². The van der Waals surface area contributed by atoms with E-state index in [1.165, 1.54) is 6.21 Å². The van der Waals surface area contributed by atoms with Crippen LogP contribution >= 0.6 is 0 Å². The van der Waals surface area contributed by atoms with Gasteiger partial charge in [0.2, 0.25) is 5.91 Å². The summed E-state index contributed by atoms with van der Waals surface area (Å²) in [6.45, 7) is 5.86. The monoisotopic (exact) mass is 331 g/mol. The molecule has 7 heteroatoms. The molecule has 2 rings (SSSR count). The third-order valence-corrected chi connectivity index (χ3v) is 3.76. The highest BCUT2D eigenvalue weighted by molar-refractivity contribution is 6.32. The Bertz CT molecular complexity index is 689. The van der Waals surface area contributed by atoms with Gasteiger partial charge in [-0.25, -0.2) is 9.69 Å². The van der Waals surface area contributed by atoms with Gasteiger partial charge in [-0.2, -0.15) is 0 Å². The molecular weight excluding hydrogens is 310 g/mol. The zero-order chi connectivity index (χ0) is 17.9. The van der Waals surface area contributed by atoms with Crippen molar-refractivity contribution in [2.45, 2.75) is 27.2 Å². The van der Waals surface area contributed by atoms with Crippen molar-refractivity contribution < 1.29 is 19.5 Å². The van der Waals surface area contributed by atoms with Crippen LogP contribution in [0.4, 0.5) is 10.5 Å². The maximum Gasteiger partial charge on any atom is 0.335 e. The molecule has 0 radical (unpaired) electrons. The van der Waals surface area contributed by atoms with Gasteiger partial charge in [-0.15, -0.1) is 0 Å². The summed E-state index contributed by atoms with van der Waals surface area (Å²) in [5, 5.41) is 10.9. The van der Waals surface area contributed by atoms with Crippen molar-refractivity contribution in [1.82, 2.24) is 5.32 Å². The number of carbonyl (C=O) groups excluding carboxylic acids is 3. The number of benzene rings is 1. The summed E-state index contributed by atoms with van der Waals surface area (Å²) in [7, 11) is 0. The molecule has 24 heavy (non-hydrogen) atoms. The van der Waals surface area contributed by atoms with Gasteiger partial charge in [0.05, 0.1) is 5.69 Å². The lowest BCUT2D eigenvalue weighted by Gasteiger charge is -2.30. The quantitative estimate of drug-likeness (QED) is 0.482. The number of amides is 4. The number of aliphatic hydroxyl groups is 1. The number of urea groups is 1. The van der Waals surface area contributed by atoms with Gasteiger partial charge in [0.1, 0.15) is 0 Å². The second-order valence-electron chi connectivity index (χ2n) is 5.83. The highest BCUT2D eigenvalue weighted by atomic mass is 16.3. The van der Waals surface area contributed by atoms with Crippen molar-refractivity contribution in [3.63, 3.8) is 0 Å². The van der Waals surface area contributed by atoms with Crippen LogP contribution in [0.15, 0.2) is 17.1 Å². The van der Waals surface area contributed by atoms with Gasteiger partial charge in [-0.1, -0.05) is 17.7 Å². The largest absolute Gasteiger partial charge is 0.396 e. The molecule has 1 atom stereocenters. The molecule has 128 valence electrons. The molecule has 0 saturated carbocycles. The average molecular weight is 331 g/mol. The molecule has 1 heterocycles. The number of rotatable bonds is 5. The average Bonchev–Trinajstić information content (AvgIpc) is 2.48. The summed E-state index contributed by atoms with van der Waals surface area (Å²) in [6, 6.07) is 3.01. The van der Waals surface area contributed by atoms with Gasteiger partial charge in [-0.05, 0) is 38.3 Å². The number of hydrogen-bond acceptors (Lipinski definition) is 5. The van der Waals surface area contributed by atoms with Crippen LogP contribution in [-0.2, 0) is 9.59 Å². The minimum absolute atomic E-state index is 0.0193. The first kappa shape index (κ1) is 17.8. The second-order valence-corrected chi connectivity index (χ2v) is 5.83. The van der Waals surface area contributed by atoms with E-state index in [9.17, 15) is 14.4 Å². The first-order chi connectivity index (χ1) is 11.4. The van der Waals surface area contributed by atoms with E-state index < -0.39 is 23.8 Å². The normalized spacial score (nSPS) is 18.4. The Balaban J connectivity index is 2.36. The lowest BCUT2D eigenvalue weighted by molar-refractivity contribution is -0.131. The molecule has 0 aromatic heterocycles. The number of barbiturate groups is 1. The maximum absolute atomic E-state index is 12.7. The fourth-order valence-corrected chi connectivity index (χ4v) is 2.80. The van der Waals surface area contributed by atoms with E-state index in [1.54, 1.807) is 0 Å². The SMILES string of the molecule is Cc1cc(C)c(N2C(=O)NC(=O)[C@@H](C=NCCCO)C2=O)c(C)c1. The molecule has 0 bridgehead atoms. The minimum Gasteiger partial charge on any atom is -0.396 e. The van der Waals surface area contributed by atoms with Crippen LogP contribution in [0.3, 0.4) is 0 Å². The molecule has 1 aromatic carbocycles. The number of aliphatic hydroxyl groups excluding tert-OH is 1. The van der Waals surface area contributed by atoms with E-state index in [0.29, 0.717) is 18.7 Å². The summed E-state index contributed by atoms with van der Waals surface area (Å²) in [4.78, 5) is 41.9. The van der Waals surface area contributed by atoms with E-state index >= 15 is 0 Å².